The molecule has 0 saturated heterocycles. The Bertz CT molecular complexity index is 938. The van der Waals surface area contributed by atoms with Crippen LogP contribution in [0.15, 0.2) is 63.0 Å². The van der Waals surface area contributed by atoms with Gasteiger partial charge in [-0.25, -0.2) is 4.79 Å². The fourth-order valence-electron chi connectivity index (χ4n) is 2.56. The molecule has 0 spiro atoms. The molecule has 5 nitrogen and oxygen atoms in total. The highest BCUT2D eigenvalue weighted by Gasteiger charge is 2.35. The Balaban J connectivity index is 1.68. The lowest BCUT2D eigenvalue weighted by Crippen LogP contribution is -2.31. The number of fused-ring (bicyclic) bond motifs is 1. The van der Waals surface area contributed by atoms with Crippen molar-refractivity contribution in [3.05, 3.63) is 64.2 Å². The third kappa shape index (κ3) is 3.50. The summed E-state index contributed by atoms with van der Waals surface area (Å²) in [6, 6.07) is 8.50. The van der Waals surface area contributed by atoms with Crippen molar-refractivity contribution >= 4 is 16.7 Å². The van der Waals surface area contributed by atoms with Crippen molar-refractivity contribution < 1.29 is 13.9 Å². The molecule has 1 aliphatic heterocycles. The van der Waals surface area contributed by atoms with Crippen LogP contribution in [-0.4, -0.2) is 17.9 Å². The summed E-state index contributed by atoms with van der Waals surface area (Å²) in [6.45, 7) is 6.21. The summed E-state index contributed by atoms with van der Waals surface area (Å²) in [5, 5.41) is 8.88. The minimum absolute atomic E-state index is 0.352. The lowest BCUT2D eigenvalue weighted by atomic mass is 9.98. The Hall–Kier alpha value is -2.82. The van der Waals surface area contributed by atoms with Crippen molar-refractivity contribution in [2.45, 2.75) is 32.8 Å². The molecule has 3 rings (SSSR count). The minimum Gasteiger partial charge on any atom is -0.489 e. The molecule has 25 heavy (non-hydrogen) atoms. The number of benzene rings is 1. The third-order valence-corrected chi connectivity index (χ3v) is 4.48. The Morgan fingerprint density at radius 2 is 2.08 bits per heavy atom. The third-order valence-electron chi connectivity index (χ3n) is 4.48. The van der Waals surface area contributed by atoms with Crippen molar-refractivity contribution in [1.82, 2.24) is 0 Å². The molecule has 1 aliphatic rings. The highest BCUT2D eigenvalue weighted by Crippen LogP contribution is 2.31. The predicted molar refractivity (Wildman–Crippen MR) is 97.3 cm³/mol. The van der Waals surface area contributed by atoms with E-state index < -0.39 is 5.60 Å². The number of hydrogen-bond acceptors (Lipinski definition) is 5. The highest BCUT2D eigenvalue weighted by molar-refractivity contribution is 6.01. The molecule has 0 bridgehead atoms. The van der Waals surface area contributed by atoms with Gasteiger partial charge in [-0.05, 0) is 50.1 Å². The number of ether oxygens (including phenoxy) is 2. The molecule has 1 unspecified atom stereocenters. The van der Waals surface area contributed by atoms with Gasteiger partial charge < -0.3 is 19.3 Å². The maximum Gasteiger partial charge on any atom is 0.336 e. The predicted octanol–water partition coefficient (Wildman–Crippen LogP) is 4.22. The monoisotopic (exact) mass is 339 g/mol. The van der Waals surface area contributed by atoms with Gasteiger partial charge in [0.15, 0.2) is 0 Å². The SMILES string of the molecule is CCC1(C)OC(/C(C)=C/COc2ccc3ccc(=O)oc3c2)=CC1=N. The molecule has 1 N–H and O–H groups in total. The van der Waals surface area contributed by atoms with E-state index in [1.807, 2.05) is 39.0 Å². The van der Waals surface area contributed by atoms with Gasteiger partial charge in [0.1, 0.15) is 29.3 Å². The van der Waals surface area contributed by atoms with E-state index in [0.717, 1.165) is 17.4 Å². The van der Waals surface area contributed by atoms with Crippen LogP contribution < -0.4 is 10.4 Å². The zero-order valence-corrected chi connectivity index (χ0v) is 14.6. The fraction of sp³-hybridized carbons (Fsp3) is 0.300. The van der Waals surface area contributed by atoms with Crippen molar-refractivity contribution in [2.75, 3.05) is 6.61 Å². The summed E-state index contributed by atoms with van der Waals surface area (Å²) >= 11 is 0. The fourth-order valence-corrected chi connectivity index (χ4v) is 2.56. The Morgan fingerprint density at radius 3 is 2.80 bits per heavy atom. The van der Waals surface area contributed by atoms with Crippen LogP contribution in [0.1, 0.15) is 27.2 Å². The van der Waals surface area contributed by atoms with Crippen LogP contribution >= 0.6 is 0 Å². The second-order valence-corrected chi connectivity index (χ2v) is 6.26. The quantitative estimate of drug-likeness (QED) is 0.828. The number of hydrogen-bond donors (Lipinski definition) is 1. The van der Waals surface area contributed by atoms with Crippen molar-refractivity contribution in [3.8, 4) is 5.75 Å². The lowest BCUT2D eigenvalue weighted by Gasteiger charge is -2.23. The Kier molecular flexibility index (Phi) is 4.49. The summed E-state index contributed by atoms with van der Waals surface area (Å²) in [5.74, 6) is 1.33. The molecule has 5 heteroatoms. The van der Waals surface area contributed by atoms with Gasteiger partial charge in [-0.3, -0.25) is 0 Å². The second kappa shape index (κ2) is 6.59. The lowest BCUT2D eigenvalue weighted by molar-refractivity contribution is 0.0934. The van der Waals surface area contributed by atoms with E-state index in [1.54, 1.807) is 18.2 Å². The van der Waals surface area contributed by atoms with Crippen LogP contribution in [0.2, 0.25) is 0 Å². The first-order valence-electron chi connectivity index (χ1n) is 8.25. The summed E-state index contributed by atoms with van der Waals surface area (Å²) in [7, 11) is 0. The first-order chi connectivity index (χ1) is 11.9. The molecule has 1 aromatic carbocycles. The molecular weight excluding hydrogens is 318 g/mol. The van der Waals surface area contributed by atoms with Gasteiger partial charge in [0.25, 0.3) is 0 Å². The zero-order valence-electron chi connectivity index (χ0n) is 14.6. The smallest absolute Gasteiger partial charge is 0.336 e. The first-order valence-corrected chi connectivity index (χ1v) is 8.25. The van der Waals surface area contributed by atoms with Gasteiger partial charge in [0.2, 0.25) is 0 Å². The molecule has 0 saturated carbocycles. The van der Waals surface area contributed by atoms with Crippen LogP contribution in [0.4, 0.5) is 0 Å². The first kappa shape index (κ1) is 17.0. The normalized spacial score (nSPS) is 20.5. The van der Waals surface area contributed by atoms with Crippen LogP contribution in [0.5, 0.6) is 5.75 Å². The molecule has 1 aromatic heterocycles. The maximum atomic E-state index is 11.3. The van der Waals surface area contributed by atoms with Gasteiger partial charge in [0, 0.05) is 23.6 Å². The second-order valence-electron chi connectivity index (χ2n) is 6.26. The standard InChI is InChI=1S/C20H21NO4/c1-4-20(3)18(21)12-16(25-20)13(2)9-10-23-15-7-5-14-6-8-19(22)24-17(14)11-15/h5-9,11-12,21H,4,10H2,1-3H3/b13-9+,21-18?. The van der Waals surface area contributed by atoms with Crippen molar-refractivity contribution in [2.24, 2.45) is 0 Å². The molecule has 0 amide bonds. The largest absolute Gasteiger partial charge is 0.489 e. The van der Waals surface area contributed by atoms with E-state index in [9.17, 15) is 4.79 Å². The molecular formula is C20H21NO4. The molecule has 2 aromatic rings. The number of allylic oxidation sites excluding steroid dienone is 1. The van der Waals surface area contributed by atoms with E-state index in [0.29, 0.717) is 29.4 Å². The maximum absolute atomic E-state index is 11.3. The van der Waals surface area contributed by atoms with E-state index in [2.05, 4.69) is 0 Å². The topological polar surface area (TPSA) is 72.5 Å². The summed E-state index contributed by atoms with van der Waals surface area (Å²) in [6.07, 6.45) is 4.42. The van der Waals surface area contributed by atoms with Crippen LogP contribution in [0, 0.1) is 5.41 Å². The van der Waals surface area contributed by atoms with Crippen LogP contribution in [-0.2, 0) is 4.74 Å². The van der Waals surface area contributed by atoms with Gasteiger partial charge in [-0.15, -0.1) is 0 Å². The van der Waals surface area contributed by atoms with E-state index in [1.165, 1.54) is 6.07 Å². The Labute approximate surface area is 146 Å². The average Bonchev–Trinajstić information content (AvgIpc) is 2.90. The van der Waals surface area contributed by atoms with E-state index >= 15 is 0 Å². The van der Waals surface area contributed by atoms with Gasteiger partial charge in [0.05, 0.1) is 5.71 Å². The molecule has 130 valence electrons. The molecule has 2 heterocycles. The van der Waals surface area contributed by atoms with E-state index in [4.69, 9.17) is 19.3 Å². The summed E-state index contributed by atoms with van der Waals surface area (Å²) in [4.78, 5) is 11.3. The molecule has 0 fully saturated rings. The van der Waals surface area contributed by atoms with Gasteiger partial charge in [-0.2, -0.15) is 0 Å². The highest BCUT2D eigenvalue weighted by atomic mass is 16.5. The van der Waals surface area contributed by atoms with Gasteiger partial charge in [-0.1, -0.05) is 6.92 Å². The minimum atomic E-state index is -0.540. The summed E-state index contributed by atoms with van der Waals surface area (Å²) in [5.41, 5.74) is 0.991. The van der Waals surface area contributed by atoms with Crippen LogP contribution in [0.3, 0.4) is 0 Å². The molecule has 0 radical (unpaired) electrons. The number of nitrogens with one attached hydrogen (secondary N) is 1. The summed E-state index contributed by atoms with van der Waals surface area (Å²) < 4.78 is 16.8. The van der Waals surface area contributed by atoms with Gasteiger partial charge >= 0.3 is 5.63 Å². The van der Waals surface area contributed by atoms with Crippen LogP contribution in [0.25, 0.3) is 11.0 Å². The number of rotatable bonds is 5. The molecule has 0 aliphatic carbocycles. The van der Waals surface area contributed by atoms with Crippen molar-refractivity contribution in [1.29, 1.82) is 5.41 Å². The molecule has 1 atom stereocenters. The average molecular weight is 339 g/mol. The zero-order chi connectivity index (χ0) is 18.0. The Morgan fingerprint density at radius 1 is 1.32 bits per heavy atom. The van der Waals surface area contributed by atoms with E-state index in [-0.39, 0.29) is 5.63 Å². The van der Waals surface area contributed by atoms with Crippen molar-refractivity contribution in [3.63, 3.8) is 0 Å².